The van der Waals surface area contributed by atoms with E-state index in [1.165, 1.54) is 24.2 Å². The number of alkyl halides is 6. The molecule has 0 unspecified atom stereocenters. The van der Waals surface area contributed by atoms with Crippen LogP contribution in [0, 0.1) is 0 Å². The molecule has 1 aliphatic rings. The highest BCUT2D eigenvalue weighted by Gasteiger charge is 2.39. The van der Waals surface area contributed by atoms with Crippen LogP contribution in [0.1, 0.15) is 49.9 Å². The summed E-state index contributed by atoms with van der Waals surface area (Å²) in [6.45, 7) is 2.37. The first-order valence-corrected chi connectivity index (χ1v) is 18.7. The molecule has 2 amide bonds. The number of pyridine rings is 1. The Labute approximate surface area is 358 Å². The predicted molar refractivity (Wildman–Crippen MR) is 210 cm³/mol. The van der Waals surface area contributed by atoms with Gasteiger partial charge in [-0.25, -0.2) is 19.2 Å². The number of carboxylic acids is 2. The molecule has 0 saturated heterocycles. The van der Waals surface area contributed by atoms with Crippen molar-refractivity contribution in [1.29, 1.82) is 0 Å². The van der Waals surface area contributed by atoms with Gasteiger partial charge in [-0.3, -0.25) is 15.1 Å². The zero-order valence-corrected chi connectivity index (χ0v) is 33.8. The number of esters is 1. The number of amides is 2. The number of nitrogens with zero attached hydrogens (tertiary/aromatic N) is 5. The molecule has 1 aliphatic heterocycles. The second-order valence-electron chi connectivity index (χ2n) is 12.7. The van der Waals surface area contributed by atoms with E-state index >= 15 is 0 Å². The second-order valence-corrected chi connectivity index (χ2v) is 13.1. The van der Waals surface area contributed by atoms with Gasteiger partial charge in [-0.05, 0) is 84.3 Å². The minimum Gasteiger partial charge on any atom is -0.475 e. The van der Waals surface area contributed by atoms with E-state index in [1.807, 2.05) is 18.2 Å². The van der Waals surface area contributed by atoms with Crippen molar-refractivity contribution < 1.29 is 74.7 Å². The number of hydrogen-bond donors (Lipinski definition) is 5. The highest BCUT2D eigenvalue weighted by molar-refractivity contribution is 6.30. The van der Waals surface area contributed by atoms with Crippen molar-refractivity contribution in [2.45, 2.75) is 57.0 Å². The van der Waals surface area contributed by atoms with Crippen LogP contribution in [0.25, 0.3) is 22.9 Å². The molecule has 4 aromatic rings. The van der Waals surface area contributed by atoms with Crippen LogP contribution >= 0.6 is 11.6 Å². The van der Waals surface area contributed by atoms with Gasteiger partial charge in [0, 0.05) is 46.9 Å². The van der Waals surface area contributed by atoms with Crippen LogP contribution in [-0.2, 0) is 33.4 Å². The van der Waals surface area contributed by atoms with E-state index in [0.29, 0.717) is 59.0 Å². The first-order chi connectivity index (χ1) is 29.7. The quantitative estimate of drug-likeness (QED) is 0.0485. The molecular formula is C38H39ClF6N8O10. The minimum absolute atomic E-state index is 0.103. The maximum atomic E-state index is 13.3. The van der Waals surface area contributed by atoms with Crippen LogP contribution < -0.4 is 16.0 Å². The number of fused-ring (bicyclic) bond motifs is 4. The number of carbonyl (C=O) groups is 5. The van der Waals surface area contributed by atoms with Crippen molar-refractivity contribution >= 4 is 59.0 Å². The molecule has 63 heavy (non-hydrogen) atoms. The van der Waals surface area contributed by atoms with E-state index in [0.717, 1.165) is 11.1 Å². The van der Waals surface area contributed by atoms with Crippen molar-refractivity contribution in [3.8, 4) is 16.8 Å². The molecule has 5 N–H and O–H groups in total. The number of anilines is 2. The minimum atomic E-state index is -5.08. The fourth-order valence-electron chi connectivity index (χ4n) is 5.37. The van der Waals surface area contributed by atoms with Gasteiger partial charge in [-0.15, -0.1) is 5.10 Å². The average molecular weight is 917 g/mol. The van der Waals surface area contributed by atoms with Gasteiger partial charge < -0.3 is 35.1 Å². The molecule has 0 spiro atoms. The summed E-state index contributed by atoms with van der Waals surface area (Å²) in [5, 5.41) is 35.3. The Balaban J connectivity index is 0.000000650. The summed E-state index contributed by atoms with van der Waals surface area (Å²) in [6, 6.07) is 13.2. The van der Waals surface area contributed by atoms with Gasteiger partial charge in [0.2, 0.25) is 5.91 Å². The largest absolute Gasteiger partial charge is 0.490 e. The van der Waals surface area contributed by atoms with Crippen LogP contribution in [-0.4, -0.2) is 111 Å². The standard InChI is InChI=1S/C34H37ClN8O6.2C2HF3O2/c1-3-48-33(45)28-7-5-4-6-27(40-32(44)13-8-23-18-24(35)9-12-31(23)43-21-37-41-42-43)30-19-22(14-15-36-30)26-11-10-25(20-29(26)39-28)38-34(46)49-17-16-47-2;2*3-2(4,5)1(6)7/h8-15,18-21,27-28,39H,3-7,16-17H2,1-2H3,(H,38,46)(H,40,44);2*(H,6,7)/b13-8+;;/t27-,28-;;/m0../s1. The molecule has 0 radical (unpaired) electrons. The lowest BCUT2D eigenvalue weighted by atomic mass is 9.96. The SMILES string of the molecule is CCOC(=O)[C@@H]1CCCC[C@H](NC(=O)/C=C/c2cc(Cl)ccc2-n2cnnn2)c2cc(ccn2)-c2ccc(NC(=O)OCCOC)cc2N1.O=C(O)C(F)(F)F.O=C(O)C(F)(F)F. The Kier molecular flexibility index (Phi) is 19.2. The van der Waals surface area contributed by atoms with Gasteiger partial charge in [-0.1, -0.05) is 30.5 Å². The molecule has 2 atom stereocenters. The number of carbonyl (C=O) groups excluding carboxylic acids is 3. The third-order valence-corrected chi connectivity index (χ3v) is 8.41. The van der Waals surface area contributed by atoms with Crippen LogP contribution in [0.15, 0.2) is 67.1 Å². The maximum Gasteiger partial charge on any atom is 0.490 e. The molecule has 2 aromatic heterocycles. The number of methoxy groups -OCH3 is 1. The van der Waals surface area contributed by atoms with Gasteiger partial charge in [0.1, 0.15) is 19.0 Å². The third-order valence-electron chi connectivity index (χ3n) is 8.17. The predicted octanol–water partition coefficient (Wildman–Crippen LogP) is 6.63. The van der Waals surface area contributed by atoms with E-state index in [1.54, 1.807) is 49.5 Å². The number of benzene rings is 2. The number of aliphatic carboxylic acids is 2. The van der Waals surface area contributed by atoms with Gasteiger partial charge in [0.15, 0.2) is 0 Å². The molecule has 2 aromatic carbocycles. The lowest BCUT2D eigenvalue weighted by Crippen LogP contribution is -2.32. The molecule has 18 nitrogen and oxygen atoms in total. The van der Waals surface area contributed by atoms with Crippen LogP contribution in [0.4, 0.5) is 42.5 Å². The Morgan fingerprint density at radius 1 is 0.937 bits per heavy atom. The summed E-state index contributed by atoms with van der Waals surface area (Å²) in [7, 11) is 1.52. The van der Waals surface area contributed by atoms with Gasteiger partial charge in [-0.2, -0.15) is 31.0 Å². The summed E-state index contributed by atoms with van der Waals surface area (Å²) < 4.78 is 80.4. The number of nitrogens with one attached hydrogen (secondary N) is 3. The summed E-state index contributed by atoms with van der Waals surface area (Å²) in [6.07, 6.45) is -2.15. The van der Waals surface area contributed by atoms with E-state index in [9.17, 15) is 40.7 Å². The van der Waals surface area contributed by atoms with Crippen molar-refractivity contribution in [2.24, 2.45) is 0 Å². The molecule has 25 heteroatoms. The van der Waals surface area contributed by atoms with Gasteiger partial charge in [0.25, 0.3) is 0 Å². The molecule has 3 heterocycles. The number of halogens is 7. The maximum absolute atomic E-state index is 13.3. The molecule has 2 bridgehead atoms. The van der Waals surface area contributed by atoms with Crippen LogP contribution in [0.5, 0.6) is 0 Å². The average Bonchev–Trinajstić information content (AvgIpc) is 3.75. The van der Waals surface area contributed by atoms with Crippen molar-refractivity contribution in [1.82, 2.24) is 30.5 Å². The number of hydrogen-bond acceptors (Lipinski definition) is 13. The molecule has 0 aliphatic carbocycles. The highest BCUT2D eigenvalue weighted by Crippen LogP contribution is 2.34. The lowest BCUT2D eigenvalue weighted by Gasteiger charge is -2.24. The number of aromatic nitrogens is 5. The molecular weight excluding hydrogens is 878 g/mol. The normalized spacial score (nSPS) is 14.9. The topological polar surface area (TPSA) is 246 Å². The molecule has 0 saturated carbocycles. The van der Waals surface area contributed by atoms with Gasteiger partial charge in [0.05, 0.1) is 30.6 Å². The Hall–Kier alpha value is -6.82. The fraction of sp³-hybridized carbons (Fsp3) is 0.342. The second kappa shape index (κ2) is 24.0. The number of ether oxygens (including phenoxy) is 3. The summed E-state index contributed by atoms with van der Waals surface area (Å²) >= 11 is 6.25. The zero-order chi connectivity index (χ0) is 46.7. The van der Waals surface area contributed by atoms with E-state index in [2.05, 4.69) is 36.5 Å². The summed E-state index contributed by atoms with van der Waals surface area (Å²) in [5.41, 5.74) is 4.62. The highest BCUT2D eigenvalue weighted by atomic mass is 35.5. The summed E-state index contributed by atoms with van der Waals surface area (Å²) in [5.74, 6) is -6.22. The lowest BCUT2D eigenvalue weighted by molar-refractivity contribution is -0.193. The number of carboxylic acid groups (broad SMARTS) is 2. The molecule has 0 fully saturated rings. The zero-order valence-electron chi connectivity index (χ0n) is 33.1. The molecule has 340 valence electrons. The third kappa shape index (κ3) is 16.9. The summed E-state index contributed by atoms with van der Waals surface area (Å²) in [4.78, 5) is 61.1. The molecule has 5 rings (SSSR count). The van der Waals surface area contributed by atoms with Crippen LogP contribution in [0.2, 0.25) is 5.02 Å². The van der Waals surface area contributed by atoms with Crippen molar-refractivity contribution in [3.05, 3.63) is 83.4 Å². The fourth-order valence-corrected chi connectivity index (χ4v) is 5.55. The van der Waals surface area contributed by atoms with E-state index in [-0.39, 0.29) is 31.7 Å². The smallest absolute Gasteiger partial charge is 0.475 e. The Morgan fingerprint density at radius 2 is 1.62 bits per heavy atom. The van der Waals surface area contributed by atoms with E-state index < -0.39 is 42.5 Å². The first kappa shape index (κ1) is 50.5. The first-order valence-electron chi connectivity index (χ1n) is 18.3. The Morgan fingerprint density at radius 3 is 2.24 bits per heavy atom. The Bertz CT molecular complexity index is 2190. The van der Waals surface area contributed by atoms with E-state index in [4.69, 9.17) is 45.6 Å². The number of rotatable bonds is 10. The van der Waals surface area contributed by atoms with Crippen molar-refractivity contribution in [2.75, 3.05) is 37.6 Å². The number of tetrazole rings is 1. The van der Waals surface area contributed by atoms with Gasteiger partial charge >= 0.3 is 36.4 Å². The monoisotopic (exact) mass is 916 g/mol. The van der Waals surface area contributed by atoms with Crippen LogP contribution in [0.3, 0.4) is 0 Å². The van der Waals surface area contributed by atoms with Crippen molar-refractivity contribution in [3.63, 3.8) is 0 Å².